The van der Waals surface area contributed by atoms with Crippen LogP contribution >= 0.6 is 0 Å². The van der Waals surface area contributed by atoms with Crippen LogP contribution in [0.3, 0.4) is 0 Å². The van der Waals surface area contributed by atoms with Gasteiger partial charge in [-0.25, -0.2) is 0 Å². The molecular formula is C9H14O3. The van der Waals surface area contributed by atoms with Crippen LogP contribution in [0.1, 0.15) is 27.2 Å². The third-order valence-electron chi connectivity index (χ3n) is 2.26. The number of carbonyl (C=O) groups is 1. The zero-order valence-electron chi connectivity index (χ0n) is 7.93. The molecule has 0 radical (unpaired) electrons. The van der Waals surface area contributed by atoms with E-state index in [1.165, 1.54) is 7.11 Å². The summed E-state index contributed by atoms with van der Waals surface area (Å²) in [7, 11) is 1.49. The summed E-state index contributed by atoms with van der Waals surface area (Å²) < 4.78 is 10.4. The van der Waals surface area contributed by atoms with E-state index in [1.807, 2.05) is 6.92 Å². The molecule has 0 amide bonds. The van der Waals surface area contributed by atoms with Gasteiger partial charge in [-0.1, -0.05) is 6.92 Å². The predicted octanol–water partition coefficient (Wildman–Crippen LogP) is 1.63. The number of rotatable bonds is 2. The Kier molecular flexibility index (Phi) is 2.13. The van der Waals surface area contributed by atoms with Gasteiger partial charge in [0, 0.05) is 0 Å². The molecule has 12 heavy (non-hydrogen) atoms. The van der Waals surface area contributed by atoms with Crippen LogP contribution in [0.25, 0.3) is 0 Å². The highest BCUT2D eigenvalue weighted by Crippen LogP contribution is 2.32. The highest BCUT2D eigenvalue weighted by Gasteiger charge is 2.43. The van der Waals surface area contributed by atoms with Crippen molar-refractivity contribution < 1.29 is 14.3 Å². The first-order valence-corrected chi connectivity index (χ1v) is 4.04. The Bertz CT molecular complexity index is 242. The lowest BCUT2D eigenvalue weighted by molar-refractivity contribution is -0.131. The molecule has 0 aromatic rings. The van der Waals surface area contributed by atoms with Gasteiger partial charge in [0.25, 0.3) is 0 Å². The molecular weight excluding hydrogens is 156 g/mol. The second-order valence-corrected chi connectivity index (χ2v) is 3.11. The van der Waals surface area contributed by atoms with Crippen molar-refractivity contribution in [2.24, 2.45) is 0 Å². The van der Waals surface area contributed by atoms with Gasteiger partial charge in [-0.05, 0) is 20.3 Å². The van der Waals surface area contributed by atoms with E-state index in [-0.39, 0.29) is 5.78 Å². The van der Waals surface area contributed by atoms with Crippen molar-refractivity contribution >= 4 is 5.78 Å². The first-order valence-electron chi connectivity index (χ1n) is 4.04. The van der Waals surface area contributed by atoms with E-state index in [0.717, 1.165) is 0 Å². The van der Waals surface area contributed by atoms with E-state index >= 15 is 0 Å². The van der Waals surface area contributed by atoms with Crippen LogP contribution in [0.4, 0.5) is 0 Å². The van der Waals surface area contributed by atoms with Crippen molar-refractivity contribution in [3.8, 4) is 0 Å². The molecule has 0 saturated carbocycles. The summed E-state index contributed by atoms with van der Waals surface area (Å²) in [6, 6.07) is 0. The average Bonchev–Trinajstić information content (AvgIpc) is 2.25. The topological polar surface area (TPSA) is 35.5 Å². The molecule has 0 aromatic heterocycles. The SMILES string of the molecule is CCC1(C)OC(C)=C(OC)C1=O. The normalized spacial score (nSPS) is 29.2. The summed E-state index contributed by atoms with van der Waals surface area (Å²) in [5, 5.41) is 0. The van der Waals surface area contributed by atoms with Gasteiger partial charge in [0.1, 0.15) is 5.76 Å². The van der Waals surface area contributed by atoms with Crippen molar-refractivity contribution in [2.45, 2.75) is 32.8 Å². The Morgan fingerprint density at radius 3 is 2.42 bits per heavy atom. The number of ketones is 1. The van der Waals surface area contributed by atoms with Gasteiger partial charge in [-0.2, -0.15) is 0 Å². The van der Waals surface area contributed by atoms with Gasteiger partial charge in [0.05, 0.1) is 7.11 Å². The van der Waals surface area contributed by atoms with Gasteiger partial charge in [0.2, 0.25) is 11.5 Å². The van der Waals surface area contributed by atoms with E-state index < -0.39 is 5.60 Å². The molecule has 68 valence electrons. The summed E-state index contributed by atoms with van der Waals surface area (Å²) in [4.78, 5) is 11.6. The lowest BCUT2D eigenvalue weighted by Crippen LogP contribution is -2.33. The number of methoxy groups -OCH3 is 1. The molecule has 3 nitrogen and oxygen atoms in total. The average molecular weight is 170 g/mol. The summed E-state index contributed by atoms with van der Waals surface area (Å²) >= 11 is 0. The zero-order valence-corrected chi connectivity index (χ0v) is 7.93. The standard InChI is InChI=1S/C9H14O3/c1-5-9(3)8(10)7(11-4)6(2)12-9/h5H2,1-4H3. The molecule has 0 saturated heterocycles. The maximum atomic E-state index is 11.6. The molecule has 0 spiro atoms. The molecule has 1 heterocycles. The first kappa shape index (κ1) is 9.10. The fraction of sp³-hybridized carbons (Fsp3) is 0.667. The quantitative estimate of drug-likeness (QED) is 0.632. The number of carbonyl (C=O) groups excluding carboxylic acids is 1. The van der Waals surface area contributed by atoms with Gasteiger partial charge in [-0.3, -0.25) is 4.79 Å². The van der Waals surface area contributed by atoms with E-state index in [4.69, 9.17) is 9.47 Å². The minimum Gasteiger partial charge on any atom is -0.490 e. The molecule has 1 rings (SSSR count). The van der Waals surface area contributed by atoms with Crippen molar-refractivity contribution in [2.75, 3.05) is 7.11 Å². The van der Waals surface area contributed by atoms with Crippen LogP contribution in [-0.2, 0) is 14.3 Å². The lowest BCUT2D eigenvalue weighted by atomic mass is 9.98. The van der Waals surface area contributed by atoms with E-state index in [1.54, 1.807) is 13.8 Å². The van der Waals surface area contributed by atoms with Gasteiger partial charge < -0.3 is 9.47 Å². The van der Waals surface area contributed by atoms with Crippen molar-refractivity contribution in [1.29, 1.82) is 0 Å². The van der Waals surface area contributed by atoms with Crippen LogP contribution < -0.4 is 0 Å². The number of hydrogen-bond donors (Lipinski definition) is 0. The third-order valence-corrected chi connectivity index (χ3v) is 2.26. The number of allylic oxidation sites excluding steroid dienone is 1. The molecule has 0 N–H and O–H groups in total. The molecule has 0 bridgehead atoms. The smallest absolute Gasteiger partial charge is 0.243 e. The predicted molar refractivity (Wildman–Crippen MR) is 44.5 cm³/mol. The Hall–Kier alpha value is -0.990. The molecule has 1 atom stereocenters. The third kappa shape index (κ3) is 1.09. The second kappa shape index (κ2) is 2.81. The fourth-order valence-corrected chi connectivity index (χ4v) is 1.30. The number of Topliss-reactive ketones (excluding diaryl/α,β-unsaturated/α-hetero) is 1. The molecule has 0 fully saturated rings. The highest BCUT2D eigenvalue weighted by molar-refractivity contribution is 6.02. The summed E-state index contributed by atoms with van der Waals surface area (Å²) in [5.41, 5.74) is -0.699. The molecule has 1 aliphatic heterocycles. The van der Waals surface area contributed by atoms with Gasteiger partial charge in [-0.15, -0.1) is 0 Å². The Morgan fingerprint density at radius 2 is 2.17 bits per heavy atom. The second-order valence-electron chi connectivity index (χ2n) is 3.11. The minimum atomic E-state index is -0.699. The summed E-state index contributed by atoms with van der Waals surface area (Å²) in [6.07, 6.45) is 0.663. The van der Waals surface area contributed by atoms with Crippen LogP contribution in [0.2, 0.25) is 0 Å². The molecule has 3 heteroatoms. The van der Waals surface area contributed by atoms with Crippen molar-refractivity contribution in [3.05, 3.63) is 11.5 Å². The molecule has 0 aromatic carbocycles. The van der Waals surface area contributed by atoms with Crippen LogP contribution in [0.5, 0.6) is 0 Å². The van der Waals surface area contributed by atoms with Crippen LogP contribution in [0, 0.1) is 0 Å². The molecule has 1 aliphatic rings. The van der Waals surface area contributed by atoms with Crippen molar-refractivity contribution in [3.63, 3.8) is 0 Å². The monoisotopic (exact) mass is 170 g/mol. The Morgan fingerprint density at radius 1 is 1.58 bits per heavy atom. The zero-order chi connectivity index (χ0) is 9.35. The fourth-order valence-electron chi connectivity index (χ4n) is 1.30. The maximum absolute atomic E-state index is 11.6. The maximum Gasteiger partial charge on any atom is 0.243 e. The lowest BCUT2D eigenvalue weighted by Gasteiger charge is -2.20. The molecule has 1 unspecified atom stereocenters. The highest BCUT2D eigenvalue weighted by atomic mass is 16.5. The minimum absolute atomic E-state index is 0.0509. The largest absolute Gasteiger partial charge is 0.490 e. The Labute approximate surface area is 72.4 Å². The van der Waals surface area contributed by atoms with Crippen molar-refractivity contribution in [1.82, 2.24) is 0 Å². The molecule has 0 aliphatic carbocycles. The summed E-state index contributed by atoms with van der Waals surface area (Å²) in [6.45, 7) is 5.45. The Balaban J connectivity index is 2.95. The number of hydrogen-bond acceptors (Lipinski definition) is 3. The summed E-state index contributed by atoms with van der Waals surface area (Å²) in [5.74, 6) is 0.899. The van der Waals surface area contributed by atoms with Gasteiger partial charge in [0.15, 0.2) is 5.60 Å². The van der Waals surface area contributed by atoms with Crippen LogP contribution in [-0.4, -0.2) is 18.5 Å². The van der Waals surface area contributed by atoms with Gasteiger partial charge >= 0.3 is 0 Å². The first-order chi connectivity index (χ1) is 5.55. The van der Waals surface area contributed by atoms with E-state index in [2.05, 4.69) is 0 Å². The van der Waals surface area contributed by atoms with E-state index in [0.29, 0.717) is 17.9 Å². The number of ether oxygens (including phenoxy) is 2. The van der Waals surface area contributed by atoms with E-state index in [9.17, 15) is 4.79 Å². The van der Waals surface area contributed by atoms with Crippen LogP contribution in [0.15, 0.2) is 11.5 Å².